The van der Waals surface area contributed by atoms with Crippen LogP contribution in [0.5, 0.6) is 5.75 Å². The maximum absolute atomic E-state index is 10.4. The largest absolute Gasteiger partial charge is 0.507 e. The summed E-state index contributed by atoms with van der Waals surface area (Å²) < 4.78 is 0. The van der Waals surface area contributed by atoms with Gasteiger partial charge in [-0.1, -0.05) is 134 Å². The van der Waals surface area contributed by atoms with Crippen LogP contribution in [-0.2, 0) is 0 Å². The van der Waals surface area contributed by atoms with Crippen LogP contribution < -0.4 is 0 Å². The quantitative estimate of drug-likeness (QED) is 0.200. The van der Waals surface area contributed by atoms with E-state index in [-0.39, 0.29) is 0 Å². The lowest BCUT2D eigenvalue weighted by Crippen LogP contribution is -1.88. The van der Waals surface area contributed by atoms with Crippen LogP contribution in [0.3, 0.4) is 0 Å². The Labute approximate surface area is 200 Å². The summed E-state index contributed by atoms with van der Waals surface area (Å²) >= 11 is 0. The summed E-state index contributed by atoms with van der Waals surface area (Å²) in [5.41, 5.74) is 3.40. The van der Waals surface area contributed by atoms with E-state index < -0.39 is 0 Å². The normalized spacial score (nSPS) is 11.8. The molecule has 0 radical (unpaired) electrons. The van der Waals surface area contributed by atoms with Crippen molar-refractivity contribution in [2.75, 3.05) is 0 Å². The van der Waals surface area contributed by atoms with Gasteiger partial charge < -0.3 is 5.11 Å². The van der Waals surface area contributed by atoms with Crippen molar-refractivity contribution in [2.24, 2.45) is 0 Å². The molecule has 1 N–H and O–H groups in total. The monoisotopic (exact) mass is 440 g/mol. The van der Waals surface area contributed by atoms with Gasteiger partial charge in [-0.05, 0) is 49.8 Å². The minimum atomic E-state index is 0.398. The Balaban J connectivity index is 2.36. The van der Waals surface area contributed by atoms with Crippen molar-refractivity contribution in [2.45, 2.75) is 136 Å². The Morgan fingerprint density at radius 2 is 0.969 bits per heavy atom. The van der Waals surface area contributed by atoms with Crippen LogP contribution >= 0.6 is 0 Å². The third-order valence-electron chi connectivity index (χ3n) is 6.50. The van der Waals surface area contributed by atoms with Crippen molar-refractivity contribution < 1.29 is 5.11 Å². The molecule has 0 aliphatic heterocycles. The summed E-state index contributed by atoms with van der Waals surface area (Å²) in [7, 11) is 0. The van der Waals surface area contributed by atoms with Crippen molar-refractivity contribution in [3.05, 3.63) is 41.0 Å². The standard InChI is InChI=1S/C31H52O/c1-4-6-8-10-12-14-16-18-20-22-24-29-28(3)26-27-31(32)30(29)25-23-21-19-17-15-13-11-9-7-5-2/h22-27,32H,4-21H2,1-3H3. The number of benzene rings is 1. The van der Waals surface area contributed by atoms with E-state index in [0.717, 1.165) is 18.4 Å². The zero-order chi connectivity index (χ0) is 23.3. The van der Waals surface area contributed by atoms with Crippen LogP contribution in [0.25, 0.3) is 12.2 Å². The third-order valence-corrected chi connectivity index (χ3v) is 6.50. The van der Waals surface area contributed by atoms with Gasteiger partial charge in [0.15, 0.2) is 0 Å². The number of unbranched alkanes of at least 4 members (excludes halogenated alkanes) is 16. The number of phenolic OH excluding ortho intramolecular Hbond substituents is 1. The molecule has 1 aromatic rings. The molecule has 0 saturated carbocycles. The molecule has 0 unspecified atom stereocenters. The zero-order valence-corrected chi connectivity index (χ0v) is 21.6. The van der Waals surface area contributed by atoms with Gasteiger partial charge in [-0.2, -0.15) is 0 Å². The smallest absolute Gasteiger partial charge is 0.123 e. The fourth-order valence-electron chi connectivity index (χ4n) is 4.32. The molecule has 1 nitrogen and oxygen atoms in total. The first-order chi connectivity index (χ1) is 15.7. The highest BCUT2D eigenvalue weighted by atomic mass is 16.3. The number of aromatic hydroxyl groups is 1. The van der Waals surface area contributed by atoms with Gasteiger partial charge in [0, 0.05) is 5.56 Å². The van der Waals surface area contributed by atoms with Gasteiger partial charge in [-0.3, -0.25) is 0 Å². The third kappa shape index (κ3) is 13.8. The molecular formula is C31H52O. The molecule has 0 heterocycles. The van der Waals surface area contributed by atoms with Crippen molar-refractivity contribution in [3.63, 3.8) is 0 Å². The van der Waals surface area contributed by atoms with E-state index in [1.807, 2.05) is 12.1 Å². The topological polar surface area (TPSA) is 20.2 Å². The molecule has 1 heteroatoms. The van der Waals surface area contributed by atoms with Gasteiger partial charge in [0.2, 0.25) is 0 Å². The Morgan fingerprint density at radius 3 is 1.44 bits per heavy atom. The van der Waals surface area contributed by atoms with Gasteiger partial charge in [0.25, 0.3) is 0 Å². The van der Waals surface area contributed by atoms with Gasteiger partial charge in [0.05, 0.1) is 0 Å². The van der Waals surface area contributed by atoms with E-state index in [1.54, 1.807) is 0 Å². The summed E-state index contributed by atoms with van der Waals surface area (Å²) in [6.07, 6.45) is 32.9. The maximum Gasteiger partial charge on any atom is 0.123 e. The highest BCUT2D eigenvalue weighted by Gasteiger charge is 2.05. The predicted octanol–water partition coefficient (Wildman–Crippen LogP) is 10.8. The van der Waals surface area contributed by atoms with Gasteiger partial charge in [0.1, 0.15) is 5.75 Å². The molecule has 1 rings (SSSR count). The first-order valence-electron chi connectivity index (χ1n) is 13.9. The van der Waals surface area contributed by atoms with Gasteiger partial charge in [-0.25, -0.2) is 0 Å². The van der Waals surface area contributed by atoms with Crippen LogP contribution in [0.1, 0.15) is 146 Å². The molecule has 1 aromatic carbocycles. The molecule has 182 valence electrons. The zero-order valence-electron chi connectivity index (χ0n) is 21.6. The predicted molar refractivity (Wildman–Crippen MR) is 145 cm³/mol. The Morgan fingerprint density at radius 1 is 0.562 bits per heavy atom. The summed E-state index contributed by atoms with van der Waals surface area (Å²) in [6, 6.07) is 3.86. The molecule has 0 saturated heterocycles. The summed E-state index contributed by atoms with van der Waals surface area (Å²) in [5.74, 6) is 0.398. The highest BCUT2D eigenvalue weighted by Crippen LogP contribution is 2.27. The van der Waals surface area contributed by atoms with Crippen molar-refractivity contribution in [1.29, 1.82) is 0 Å². The van der Waals surface area contributed by atoms with Crippen LogP contribution in [0.15, 0.2) is 24.3 Å². The lowest BCUT2D eigenvalue weighted by Gasteiger charge is -2.08. The molecule has 0 fully saturated rings. The first-order valence-corrected chi connectivity index (χ1v) is 13.9. The van der Waals surface area contributed by atoms with E-state index in [2.05, 4.69) is 45.1 Å². The van der Waals surface area contributed by atoms with Crippen LogP contribution in [0.4, 0.5) is 0 Å². The minimum absolute atomic E-state index is 0.398. The minimum Gasteiger partial charge on any atom is -0.507 e. The maximum atomic E-state index is 10.4. The molecule has 32 heavy (non-hydrogen) atoms. The second-order valence-electron chi connectivity index (χ2n) is 9.56. The van der Waals surface area contributed by atoms with Crippen LogP contribution in [0, 0.1) is 6.92 Å². The molecule has 0 aromatic heterocycles. The number of hydrogen-bond acceptors (Lipinski definition) is 1. The average molecular weight is 441 g/mol. The van der Waals surface area contributed by atoms with E-state index in [9.17, 15) is 5.11 Å². The SMILES string of the molecule is CCCCCCCCCCC=Cc1c(C)ccc(O)c1C=CCCCCCCCCCC. The van der Waals surface area contributed by atoms with E-state index in [1.165, 1.54) is 114 Å². The van der Waals surface area contributed by atoms with Crippen molar-refractivity contribution in [3.8, 4) is 5.75 Å². The summed E-state index contributed by atoms with van der Waals surface area (Å²) in [6.45, 7) is 6.70. The van der Waals surface area contributed by atoms with E-state index >= 15 is 0 Å². The van der Waals surface area contributed by atoms with Crippen LogP contribution in [-0.4, -0.2) is 5.11 Å². The molecular weight excluding hydrogens is 388 g/mol. The fourth-order valence-corrected chi connectivity index (χ4v) is 4.32. The van der Waals surface area contributed by atoms with Crippen LogP contribution in [0.2, 0.25) is 0 Å². The van der Waals surface area contributed by atoms with Crippen molar-refractivity contribution in [1.82, 2.24) is 0 Å². The first kappa shape index (κ1) is 28.5. The summed E-state index contributed by atoms with van der Waals surface area (Å²) in [5, 5.41) is 10.4. The number of allylic oxidation sites excluding steroid dienone is 2. The Bertz CT molecular complexity index is 571. The Kier molecular flexibility index (Phi) is 18.0. The number of phenols is 1. The van der Waals surface area contributed by atoms with Gasteiger partial charge >= 0.3 is 0 Å². The van der Waals surface area contributed by atoms with E-state index in [0.29, 0.717) is 5.75 Å². The number of aryl methyl sites for hydroxylation is 1. The van der Waals surface area contributed by atoms with Gasteiger partial charge in [-0.15, -0.1) is 0 Å². The second-order valence-corrected chi connectivity index (χ2v) is 9.56. The summed E-state index contributed by atoms with van der Waals surface area (Å²) in [4.78, 5) is 0. The molecule has 0 amide bonds. The second kappa shape index (κ2) is 20.1. The molecule has 0 aliphatic carbocycles. The lowest BCUT2D eigenvalue weighted by molar-refractivity contribution is 0.473. The molecule has 0 spiro atoms. The number of hydrogen-bond donors (Lipinski definition) is 1. The molecule has 0 atom stereocenters. The molecule has 0 bridgehead atoms. The number of rotatable bonds is 20. The van der Waals surface area contributed by atoms with E-state index in [4.69, 9.17) is 0 Å². The Hall–Kier alpha value is -1.50. The molecule has 0 aliphatic rings. The highest BCUT2D eigenvalue weighted by molar-refractivity contribution is 5.72. The average Bonchev–Trinajstić information content (AvgIpc) is 2.79. The lowest BCUT2D eigenvalue weighted by atomic mass is 9.98. The fraction of sp³-hybridized carbons (Fsp3) is 0.677. The van der Waals surface area contributed by atoms with Crippen molar-refractivity contribution >= 4 is 12.2 Å².